The molecule has 0 spiro atoms. The minimum Gasteiger partial charge on any atom is -0.480 e. The monoisotopic (exact) mass is 1760 g/mol. The third-order valence-corrected chi connectivity index (χ3v) is 23.9. The first-order valence-corrected chi connectivity index (χ1v) is 44.8. The number of aromatic carboxylic acids is 2. The molecule has 32 heteroatoms. The van der Waals surface area contributed by atoms with E-state index in [-0.39, 0.29) is 78.0 Å². The van der Waals surface area contributed by atoms with Crippen molar-refractivity contribution in [3.63, 3.8) is 0 Å². The maximum Gasteiger partial charge on any atom is 0.411 e. The molecule has 13 atom stereocenters. The normalized spacial score (nSPS) is 24.4. The van der Waals surface area contributed by atoms with Gasteiger partial charge in [-0.1, -0.05) is 127 Å². The van der Waals surface area contributed by atoms with Crippen LogP contribution in [0, 0.1) is 65.1 Å². The minimum absolute atomic E-state index is 0.0120. The molecule has 0 radical (unpaired) electrons. The predicted molar refractivity (Wildman–Crippen MR) is 473 cm³/mol. The zero-order valence-corrected chi connectivity index (χ0v) is 76.0. The Hall–Kier alpha value is -10.1. The van der Waals surface area contributed by atoms with E-state index in [1.165, 1.54) is 62.8 Å². The fourth-order valence-electron chi connectivity index (χ4n) is 16.9. The van der Waals surface area contributed by atoms with Crippen LogP contribution in [-0.4, -0.2) is 179 Å². The van der Waals surface area contributed by atoms with Gasteiger partial charge < -0.3 is 85.1 Å². The molecule has 3 aromatic carbocycles. The van der Waals surface area contributed by atoms with Gasteiger partial charge in [0.1, 0.15) is 55.8 Å². The van der Waals surface area contributed by atoms with Gasteiger partial charge in [0, 0.05) is 24.1 Å². The molecular weight excluding hydrogens is 1620 g/mol. The lowest BCUT2D eigenvalue weighted by Gasteiger charge is -2.38. The number of hydrogen-bond donors (Lipinski definition) is 13. The van der Waals surface area contributed by atoms with Gasteiger partial charge in [0.05, 0.1) is 17.7 Å². The van der Waals surface area contributed by atoms with Crippen molar-refractivity contribution in [2.45, 2.75) is 319 Å². The molecule has 0 aromatic heterocycles. The number of aliphatic hydroxyl groups excluding tert-OH is 1. The van der Waals surface area contributed by atoms with E-state index < -0.39 is 79.5 Å². The first-order valence-electron chi connectivity index (χ1n) is 44.8. The van der Waals surface area contributed by atoms with Gasteiger partial charge in [-0.25, -0.2) is 47.9 Å². The highest BCUT2D eigenvalue weighted by molar-refractivity contribution is 5.91. The summed E-state index contributed by atoms with van der Waals surface area (Å²) in [5, 5.41) is 68.9. The number of carboxylic acid groups (broad SMARTS) is 5. The van der Waals surface area contributed by atoms with E-state index in [4.69, 9.17) is 63.8 Å². The molecule has 125 heavy (non-hydrogen) atoms. The molecule has 13 N–H and O–H groups in total. The van der Waals surface area contributed by atoms with Gasteiger partial charge in [-0.3, -0.25) is 25.5 Å². The van der Waals surface area contributed by atoms with Crippen molar-refractivity contribution in [1.29, 1.82) is 0 Å². The van der Waals surface area contributed by atoms with E-state index in [1.807, 2.05) is 45.0 Å². The van der Waals surface area contributed by atoms with Crippen molar-refractivity contribution in [1.82, 2.24) is 21.3 Å². The predicted octanol–water partition coefficient (Wildman–Crippen LogP) is 19.2. The Balaban J connectivity index is 0.000000308. The number of amides is 7. The van der Waals surface area contributed by atoms with Gasteiger partial charge in [0.25, 0.3) is 0 Å². The average Bonchev–Trinajstić information content (AvgIpc) is 0.831. The third-order valence-electron chi connectivity index (χ3n) is 23.9. The van der Waals surface area contributed by atoms with Crippen LogP contribution in [-0.2, 0) is 47.5 Å². The first kappa shape index (κ1) is 107. The van der Waals surface area contributed by atoms with Gasteiger partial charge in [-0.15, -0.1) is 0 Å². The number of carboxylic acids is 5. The highest BCUT2D eigenvalue weighted by atomic mass is 16.6. The van der Waals surface area contributed by atoms with E-state index >= 15 is 0 Å². The summed E-state index contributed by atoms with van der Waals surface area (Å²) in [6, 6.07) is 18.5. The number of carbonyl (C=O) groups excluding carboxylic acids is 7. The van der Waals surface area contributed by atoms with E-state index in [0.29, 0.717) is 64.1 Å². The molecule has 10 rings (SSSR count). The summed E-state index contributed by atoms with van der Waals surface area (Å²) in [6.45, 7) is 26.5. The minimum atomic E-state index is -1.30. The molecule has 3 aromatic rings. The summed E-state index contributed by atoms with van der Waals surface area (Å²) in [7, 11) is 1.61. The van der Waals surface area contributed by atoms with Gasteiger partial charge >= 0.3 is 72.5 Å². The lowest BCUT2D eigenvalue weighted by molar-refractivity contribution is -0.140. The second kappa shape index (κ2) is 56.0. The number of alkyl carbamates (subject to hydrolysis) is 4. The van der Waals surface area contributed by atoms with Crippen LogP contribution in [0.1, 0.15) is 289 Å². The van der Waals surface area contributed by atoms with Crippen LogP contribution in [0.3, 0.4) is 0 Å². The van der Waals surface area contributed by atoms with Gasteiger partial charge in [0.2, 0.25) is 0 Å². The fraction of sp³-hybridized carbons (Fsp3) is 0.677. The molecule has 13 unspecified atom stereocenters. The number of ether oxygens (including phenoxy) is 7. The smallest absolute Gasteiger partial charge is 0.411 e. The summed E-state index contributed by atoms with van der Waals surface area (Å²) >= 11 is 0. The number of hydrogen-bond acceptors (Lipinski definition) is 20. The summed E-state index contributed by atoms with van der Waals surface area (Å²) in [6.07, 6.45) is 25.7. The number of nitrogens with one attached hydrogen (secondary N) is 7. The van der Waals surface area contributed by atoms with Crippen LogP contribution < -0.4 is 37.2 Å². The number of anilines is 3. The van der Waals surface area contributed by atoms with E-state index in [2.05, 4.69) is 106 Å². The Morgan fingerprint density at radius 1 is 0.456 bits per heavy atom. The molecule has 0 bridgehead atoms. The maximum absolute atomic E-state index is 11.9. The Labute approximate surface area is 737 Å². The molecule has 32 nitrogen and oxygen atoms in total. The maximum atomic E-state index is 11.9. The molecule has 0 saturated heterocycles. The van der Waals surface area contributed by atoms with Crippen LogP contribution >= 0.6 is 0 Å². The van der Waals surface area contributed by atoms with Crippen LogP contribution in [0.5, 0.6) is 0 Å². The summed E-state index contributed by atoms with van der Waals surface area (Å²) in [4.78, 5) is 133. The zero-order chi connectivity index (χ0) is 92.9. The molecular formula is C93H145N7O25. The van der Waals surface area contributed by atoms with Gasteiger partial charge in [-0.2, -0.15) is 0 Å². The molecule has 7 aliphatic rings. The number of rotatable bonds is 21. The number of benzene rings is 3. The van der Waals surface area contributed by atoms with Crippen LogP contribution in [0.25, 0.3) is 0 Å². The summed E-state index contributed by atoms with van der Waals surface area (Å²) < 4.78 is 37.4. The quantitative estimate of drug-likeness (QED) is 0.0441. The summed E-state index contributed by atoms with van der Waals surface area (Å²) in [5.74, 6) is -1.46. The molecule has 7 amide bonds. The number of aliphatic carboxylic acids is 3. The van der Waals surface area contributed by atoms with E-state index in [1.54, 1.807) is 31.3 Å². The fourth-order valence-corrected chi connectivity index (χ4v) is 16.9. The number of aliphatic hydroxyl groups is 1. The third kappa shape index (κ3) is 43.6. The van der Waals surface area contributed by atoms with Crippen molar-refractivity contribution < 1.29 is 121 Å². The standard InChI is InChI=1S/C18H25NO4.C16H21NO4.C15H21NO2.C12H21NO4.C11H19NO5.C11H21NO2.C10H17NO4/c1-18(2,3)13-6-10-15(11-7-13)23-17(22)19-14-8-4-12(5-9-14)16(20)21;1-2-11-5-3-4-6-14(11)21-16(20)17-13-9-7-12(8-10-13)15(18)19;1-11-6-5-8-13(10-11)16-15(17)18-14-9-4-3-7-12(14)2;1-8-4-9(6-12(2,3)5-8)17-11(16)13-7-10(14)15;1-7-4-2-3-5-9(7)17-11(16)12-8(6-13)10(14)15;1-8(2)9-6-4-5-7-10(9)14-11(13)12-3;1-7-4-2-3-5-8(7)15-10(14)11-6-9(12)13/h4-5,8-9,13,15H,6-7,10-11H2,1-3H3,(H,19,22)(H,20,21);7-11,14H,2-6H2,1H3,(H,17,20)(H,18,19);5-6,8,10,12,14H,3-4,7,9H2,1-2H3,(H,16,17);8-9H,4-7H2,1-3H3,(H,13,16)(H,14,15);7-9,13H,2-6H2,1H3,(H,12,16)(H,14,15);8-10H,4-7H2,1-3H3,(H,12,13);7-8H,2-6H2,1H3,(H,11,14)(H,12,13). The van der Waals surface area contributed by atoms with Crippen LogP contribution in [0.4, 0.5) is 50.6 Å². The summed E-state index contributed by atoms with van der Waals surface area (Å²) in [5.41, 5.74) is 3.84. The van der Waals surface area contributed by atoms with Crippen molar-refractivity contribution in [2.75, 3.05) is 42.7 Å². The van der Waals surface area contributed by atoms with Crippen molar-refractivity contribution >= 4 is 89.6 Å². The van der Waals surface area contributed by atoms with Crippen molar-refractivity contribution in [3.05, 3.63) is 89.5 Å². The molecule has 7 saturated carbocycles. The second-order valence-electron chi connectivity index (χ2n) is 36.3. The Bertz CT molecular complexity index is 3810. The lowest BCUT2D eigenvalue weighted by atomic mass is 9.71. The number of aryl methyl sites for hydroxylation is 1. The molecule has 7 fully saturated rings. The van der Waals surface area contributed by atoms with E-state index in [9.17, 15) is 57.5 Å². The molecule has 0 aliphatic heterocycles. The SMILES string of the molecule is CC(C)(C)C1CCC(OC(=O)Nc2ccc(C(=O)O)cc2)CC1.CC1CC(OC(=O)NCC(=O)O)CC(C)(C)C1.CC1CCCCC1OC(=O)NC(CO)C(=O)O.CC1CCCCC1OC(=O)NCC(=O)O.CCC1CCCCC1OC(=O)Nc1ccc(C(=O)O)cc1.CNC(=O)OC1CCCCC1C(C)C.Cc1cccc(NC(=O)OC2CCCCC2C)c1. The highest BCUT2D eigenvalue weighted by Gasteiger charge is 2.37. The van der Waals surface area contributed by atoms with Crippen molar-refractivity contribution in [3.8, 4) is 0 Å². The highest BCUT2D eigenvalue weighted by Crippen LogP contribution is 2.41. The van der Waals surface area contributed by atoms with Gasteiger partial charge in [0.15, 0.2) is 6.04 Å². The largest absolute Gasteiger partial charge is 0.480 e. The second-order valence-corrected chi connectivity index (χ2v) is 36.3. The van der Waals surface area contributed by atoms with Gasteiger partial charge in [-0.05, 0) is 279 Å². The lowest BCUT2D eigenvalue weighted by Crippen LogP contribution is -2.45. The Morgan fingerprint density at radius 2 is 0.856 bits per heavy atom. The first-order chi connectivity index (χ1) is 59.1. The zero-order valence-electron chi connectivity index (χ0n) is 76.0. The number of carbonyl (C=O) groups is 12. The van der Waals surface area contributed by atoms with Crippen molar-refractivity contribution in [2.24, 2.45) is 58.2 Å². The van der Waals surface area contributed by atoms with Crippen LogP contribution in [0.15, 0.2) is 72.8 Å². The Morgan fingerprint density at radius 3 is 1.27 bits per heavy atom. The van der Waals surface area contributed by atoms with E-state index in [0.717, 1.165) is 153 Å². The molecule has 702 valence electrons. The van der Waals surface area contributed by atoms with Crippen LogP contribution in [0.2, 0.25) is 0 Å². The molecule has 0 heterocycles. The topological polar surface area (TPSA) is 475 Å². The average molecular weight is 1760 g/mol. The Kier molecular flexibility index (Phi) is 48.1. The molecule has 7 aliphatic carbocycles.